The van der Waals surface area contributed by atoms with Gasteiger partial charge in [0, 0.05) is 10.7 Å². The van der Waals surface area contributed by atoms with Crippen LogP contribution in [0.25, 0.3) is 0 Å². The maximum Gasteiger partial charge on any atom is 0.321 e. The van der Waals surface area contributed by atoms with Gasteiger partial charge in [-0.1, -0.05) is 17.7 Å². The molecule has 1 aromatic rings. The third-order valence-electron chi connectivity index (χ3n) is 3.16. The van der Waals surface area contributed by atoms with Crippen molar-refractivity contribution < 1.29 is 14.7 Å². The van der Waals surface area contributed by atoms with E-state index in [9.17, 15) is 9.59 Å². The molecule has 4 N–H and O–H groups in total. The van der Waals surface area contributed by atoms with Crippen molar-refractivity contribution in [1.82, 2.24) is 10.6 Å². The summed E-state index contributed by atoms with van der Waals surface area (Å²) in [5.41, 5.74) is 1.46. The van der Waals surface area contributed by atoms with E-state index in [2.05, 4.69) is 16.0 Å². The SMILES string of the molecule is CNCCCN[C@@H](CC(=O)Nc1cc(Cl)ccc1C)C(=O)O. The second kappa shape index (κ2) is 9.40. The number of anilines is 1. The minimum absolute atomic E-state index is 0.138. The summed E-state index contributed by atoms with van der Waals surface area (Å²) in [6.45, 7) is 3.16. The lowest BCUT2D eigenvalue weighted by atomic mass is 10.1. The minimum Gasteiger partial charge on any atom is -0.480 e. The molecule has 1 rings (SSSR count). The Morgan fingerprint density at radius 3 is 2.68 bits per heavy atom. The number of aryl methyl sites for hydroxylation is 1. The molecule has 122 valence electrons. The monoisotopic (exact) mass is 327 g/mol. The summed E-state index contributed by atoms with van der Waals surface area (Å²) in [4.78, 5) is 23.2. The summed E-state index contributed by atoms with van der Waals surface area (Å²) in [6.07, 6.45) is 0.649. The second-order valence-corrected chi connectivity index (χ2v) is 5.45. The zero-order valence-electron chi connectivity index (χ0n) is 12.8. The predicted octanol–water partition coefficient (Wildman–Crippen LogP) is 1.63. The number of carboxylic acids is 1. The molecular formula is C15H22ClN3O3. The normalized spacial score (nSPS) is 12.0. The molecular weight excluding hydrogens is 306 g/mol. The zero-order chi connectivity index (χ0) is 16.5. The molecule has 0 saturated carbocycles. The lowest BCUT2D eigenvalue weighted by Gasteiger charge is -2.15. The Bertz CT molecular complexity index is 523. The first-order chi connectivity index (χ1) is 10.4. The number of nitrogens with one attached hydrogen (secondary N) is 3. The Kier molecular flexibility index (Phi) is 7.87. The van der Waals surface area contributed by atoms with E-state index in [-0.39, 0.29) is 12.3 Å². The first-order valence-corrected chi connectivity index (χ1v) is 7.48. The molecule has 1 aromatic carbocycles. The molecule has 0 fully saturated rings. The van der Waals surface area contributed by atoms with Gasteiger partial charge in [0.2, 0.25) is 5.91 Å². The molecule has 1 atom stereocenters. The van der Waals surface area contributed by atoms with E-state index in [1.807, 2.05) is 14.0 Å². The quantitative estimate of drug-likeness (QED) is 0.518. The van der Waals surface area contributed by atoms with Gasteiger partial charge in [0.15, 0.2) is 0 Å². The number of carbonyl (C=O) groups excluding carboxylic acids is 1. The molecule has 6 nitrogen and oxygen atoms in total. The Balaban J connectivity index is 2.56. The van der Waals surface area contributed by atoms with Crippen molar-refractivity contribution in [3.8, 4) is 0 Å². The van der Waals surface area contributed by atoms with E-state index in [1.165, 1.54) is 0 Å². The Morgan fingerprint density at radius 2 is 2.05 bits per heavy atom. The maximum absolute atomic E-state index is 12.0. The smallest absolute Gasteiger partial charge is 0.321 e. The number of hydrogen-bond acceptors (Lipinski definition) is 4. The summed E-state index contributed by atoms with van der Waals surface area (Å²) in [7, 11) is 1.83. The number of halogens is 1. The van der Waals surface area contributed by atoms with Crippen LogP contribution < -0.4 is 16.0 Å². The average Bonchev–Trinajstić information content (AvgIpc) is 2.46. The number of hydrogen-bond donors (Lipinski definition) is 4. The van der Waals surface area contributed by atoms with Gasteiger partial charge in [-0.2, -0.15) is 0 Å². The summed E-state index contributed by atoms with van der Waals surface area (Å²) >= 11 is 5.89. The fourth-order valence-corrected chi connectivity index (χ4v) is 2.08. The van der Waals surface area contributed by atoms with E-state index >= 15 is 0 Å². The Morgan fingerprint density at radius 1 is 1.32 bits per heavy atom. The highest BCUT2D eigenvalue weighted by Crippen LogP contribution is 2.20. The van der Waals surface area contributed by atoms with Crippen LogP contribution in [0.15, 0.2) is 18.2 Å². The van der Waals surface area contributed by atoms with Gasteiger partial charge in [-0.25, -0.2) is 0 Å². The van der Waals surface area contributed by atoms with Crippen molar-refractivity contribution in [2.24, 2.45) is 0 Å². The fourth-order valence-electron chi connectivity index (χ4n) is 1.90. The summed E-state index contributed by atoms with van der Waals surface area (Å²) in [5, 5.41) is 18.2. The zero-order valence-corrected chi connectivity index (χ0v) is 13.5. The molecule has 0 saturated heterocycles. The fraction of sp³-hybridized carbons (Fsp3) is 0.467. The third kappa shape index (κ3) is 6.43. The van der Waals surface area contributed by atoms with Crippen LogP contribution in [-0.2, 0) is 9.59 Å². The van der Waals surface area contributed by atoms with Crippen LogP contribution in [0.5, 0.6) is 0 Å². The summed E-state index contributed by atoms with van der Waals surface area (Å²) in [6, 6.07) is 4.26. The van der Waals surface area contributed by atoms with Gasteiger partial charge in [0.05, 0.1) is 6.42 Å². The van der Waals surface area contributed by atoms with Gasteiger partial charge < -0.3 is 21.1 Å². The highest BCUT2D eigenvalue weighted by Gasteiger charge is 2.20. The van der Waals surface area contributed by atoms with Gasteiger partial charge in [0.25, 0.3) is 0 Å². The van der Waals surface area contributed by atoms with Crippen molar-refractivity contribution in [2.45, 2.75) is 25.8 Å². The predicted molar refractivity (Wildman–Crippen MR) is 87.4 cm³/mol. The van der Waals surface area contributed by atoms with Crippen LogP contribution >= 0.6 is 11.6 Å². The van der Waals surface area contributed by atoms with Gasteiger partial charge in [-0.05, 0) is 51.2 Å². The van der Waals surface area contributed by atoms with Crippen molar-refractivity contribution in [3.63, 3.8) is 0 Å². The maximum atomic E-state index is 12.0. The van der Waals surface area contributed by atoms with Gasteiger partial charge >= 0.3 is 5.97 Å². The molecule has 0 radical (unpaired) electrons. The van der Waals surface area contributed by atoms with Crippen LogP contribution in [0.4, 0.5) is 5.69 Å². The molecule has 0 unspecified atom stereocenters. The molecule has 0 aliphatic heterocycles. The molecule has 0 aliphatic rings. The third-order valence-corrected chi connectivity index (χ3v) is 3.39. The topological polar surface area (TPSA) is 90.5 Å². The van der Waals surface area contributed by atoms with Crippen molar-refractivity contribution in [2.75, 3.05) is 25.5 Å². The highest BCUT2D eigenvalue weighted by atomic mass is 35.5. The first-order valence-electron chi connectivity index (χ1n) is 7.11. The van der Waals surface area contributed by atoms with Gasteiger partial charge in [-0.3, -0.25) is 9.59 Å². The molecule has 0 heterocycles. The molecule has 0 bridgehead atoms. The van der Waals surface area contributed by atoms with Crippen LogP contribution in [0, 0.1) is 6.92 Å². The van der Waals surface area contributed by atoms with Gasteiger partial charge in [-0.15, -0.1) is 0 Å². The van der Waals surface area contributed by atoms with Crippen LogP contribution in [0.2, 0.25) is 5.02 Å². The first kappa shape index (κ1) is 18.4. The molecule has 7 heteroatoms. The van der Waals surface area contributed by atoms with Crippen LogP contribution in [0.3, 0.4) is 0 Å². The van der Waals surface area contributed by atoms with E-state index < -0.39 is 12.0 Å². The van der Waals surface area contributed by atoms with Crippen LogP contribution in [0.1, 0.15) is 18.4 Å². The summed E-state index contributed by atoms with van der Waals surface area (Å²) < 4.78 is 0. The average molecular weight is 328 g/mol. The highest BCUT2D eigenvalue weighted by molar-refractivity contribution is 6.31. The minimum atomic E-state index is -1.04. The van der Waals surface area contributed by atoms with Crippen molar-refractivity contribution >= 4 is 29.2 Å². The lowest BCUT2D eigenvalue weighted by Crippen LogP contribution is -2.40. The van der Waals surface area contributed by atoms with Crippen molar-refractivity contribution in [1.29, 1.82) is 0 Å². The second-order valence-electron chi connectivity index (χ2n) is 5.01. The van der Waals surface area contributed by atoms with Gasteiger partial charge in [0.1, 0.15) is 6.04 Å². The number of rotatable bonds is 9. The number of benzene rings is 1. The molecule has 22 heavy (non-hydrogen) atoms. The number of amides is 1. The van der Waals surface area contributed by atoms with Crippen LogP contribution in [-0.4, -0.2) is 43.2 Å². The van der Waals surface area contributed by atoms with E-state index in [0.29, 0.717) is 17.3 Å². The number of aliphatic carboxylic acids is 1. The van der Waals surface area contributed by atoms with E-state index in [4.69, 9.17) is 16.7 Å². The molecule has 0 spiro atoms. The molecule has 0 aromatic heterocycles. The standard InChI is InChI=1S/C15H22ClN3O3/c1-10-4-5-11(16)8-12(10)19-14(20)9-13(15(21)22)18-7-3-6-17-2/h4-5,8,13,17-18H,3,6-7,9H2,1-2H3,(H,19,20)(H,21,22)/t13-/m0/s1. The summed E-state index contributed by atoms with van der Waals surface area (Å²) in [5.74, 6) is -1.40. The molecule has 0 aliphatic carbocycles. The molecule has 1 amide bonds. The Labute approximate surface area is 135 Å². The van der Waals surface area contributed by atoms with E-state index in [0.717, 1.165) is 18.5 Å². The number of carbonyl (C=O) groups is 2. The van der Waals surface area contributed by atoms with Crippen molar-refractivity contribution in [3.05, 3.63) is 28.8 Å². The largest absolute Gasteiger partial charge is 0.480 e. The Hall–Kier alpha value is -1.63. The van der Waals surface area contributed by atoms with E-state index in [1.54, 1.807) is 18.2 Å². The lowest BCUT2D eigenvalue weighted by molar-refractivity contribution is -0.141. The number of carboxylic acid groups (broad SMARTS) is 1.